The van der Waals surface area contributed by atoms with Crippen molar-refractivity contribution in [2.24, 2.45) is 0 Å². The number of thiophene rings is 1. The molecule has 0 fully saturated rings. The molecule has 0 amide bonds. The first-order valence-electron chi connectivity index (χ1n) is 14.9. The molecule has 1 aliphatic heterocycles. The number of rotatable bonds is 4. The van der Waals surface area contributed by atoms with Crippen molar-refractivity contribution < 1.29 is 4.74 Å². The Morgan fingerprint density at radius 3 is 1.84 bits per heavy atom. The van der Waals surface area contributed by atoms with E-state index < -0.39 is 0 Å². The third kappa shape index (κ3) is 4.00. The van der Waals surface area contributed by atoms with E-state index in [1.54, 1.807) is 0 Å². The Hall–Kier alpha value is -5.44. The molecule has 8 aromatic rings. The van der Waals surface area contributed by atoms with Crippen LogP contribution in [0.4, 0.5) is 0 Å². The molecule has 206 valence electrons. The fourth-order valence-electron chi connectivity index (χ4n) is 6.72. The van der Waals surface area contributed by atoms with Gasteiger partial charge in [-0.25, -0.2) is 0 Å². The van der Waals surface area contributed by atoms with Crippen LogP contribution in [0.15, 0.2) is 158 Å². The van der Waals surface area contributed by atoms with Crippen molar-refractivity contribution in [2.45, 2.75) is 0 Å². The molecule has 2 heteroatoms. The zero-order valence-corrected chi connectivity index (χ0v) is 24.6. The van der Waals surface area contributed by atoms with Crippen LogP contribution in [0.1, 0.15) is 0 Å². The van der Waals surface area contributed by atoms with Gasteiger partial charge in [0, 0.05) is 20.7 Å². The lowest BCUT2D eigenvalue weighted by molar-refractivity contribution is 0.487. The van der Waals surface area contributed by atoms with Gasteiger partial charge in [0.1, 0.15) is 11.5 Å². The molecule has 0 atom stereocenters. The normalized spacial score (nSPS) is 11.8. The smallest absolute Gasteiger partial charge is 0.135 e. The minimum atomic E-state index is 0.912. The number of fused-ring (bicyclic) bond motifs is 3. The van der Waals surface area contributed by atoms with Gasteiger partial charge in [-0.3, -0.25) is 0 Å². The second-order valence-corrected chi connectivity index (χ2v) is 12.3. The molecule has 0 saturated carbocycles. The molecule has 7 aromatic carbocycles. The molecule has 0 saturated heterocycles. The van der Waals surface area contributed by atoms with Crippen LogP contribution in [-0.4, -0.2) is 0 Å². The molecule has 44 heavy (non-hydrogen) atoms. The Labute approximate surface area is 260 Å². The van der Waals surface area contributed by atoms with E-state index >= 15 is 0 Å². The van der Waals surface area contributed by atoms with Gasteiger partial charge in [-0.1, -0.05) is 121 Å². The zero-order valence-electron chi connectivity index (χ0n) is 23.8. The minimum Gasteiger partial charge on any atom is -0.456 e. The van der Waals surface area contributed by atoms with E-state index in [1.807, 2.05) is 17.4 Å². The van der Waals surface area contributed by atoms with Crippen LogP contribution in [0, 0.1) is 0 Å². The maximum atomic E-state index is 6.28. The Morgan fingerprint density at radius 2 is 0.977 bits per heavy atom. The highest BCUT2D eigenvalue weighted by atomic mass is 32.1. The van der Waals surface area contributed by atoms with Crippen molar-refractivity contribution in [3.8, 4) is 65.8 Å². The van der Waals surface area contributed by atoms with Crippen LogP contribution in [0.25, 0.3) is 75.8 Å². The molecule has 1 nitrogen and oxygen atoms in total. The van der Waals surface area contributed by atoms with E-state index in [2.05, 4.69) is 152 Å². The highest BCUT2D eigenvalue weighted by Crippen LogP contribution is 2.49. The van der Waals surface area contributed by atoms with Gasteiger partial charge in [-0.05, 0) is 91.5 Å². The first-order valence-corrected chi connectivity index (χ1v) is 15.7. The largest absolute Gasteiger partial charge is 0.456 e. The predicted octanol–water partition coefficient (Wildman–Crippen LogP) is 12.5. The van der Waals surface area contributed by atoms with Crippen LogP contribution in [-0.2, 0) is 0 Å². The van der Waals surface area contributed by atoms with Crippen LogP contribution >= 0.6 is 11.3 Å². The molecule has 1 aliphatic rings. The van der Waals surface area contributed by atoms with Gasteiger partial charge < -0.3 is 4.74 Å². The van der Waals surface area contributed by atoms with Gasteiger partial charge in [-0.2, -0.15) is 0 Å². The predicted molar refractivity (Wildman–Crippen MR) is 187 cm³/mol. The maximum Gasteiger partial charge on any atom is 0.135 e. The lowest BCUT2D eigenvalue weighted by Crippen LogP contribution is -1.97. The summed E-state index contributed by atoms with van der Waals surface area (Å²) in [5.74, 6) is 1.84. The van der Waals surface area contributed by atoms with Crippen molar-refractivity contribution >= 4 is 32.9 Å². The average molecular weight is 579 g/mol. The molecule has 0 radical (unpaired) electrons. The van der Waals surface area contributed by atoms with Crippen molar-refractivity contribution in [3.63, 3.8) is 0 Å². The molecule has 2 heterocycles. The van der Waals surface area contributed by atoms with E-state index in [0.717, 1.165) is 17.1 Å². The minimum absolute atomic E-state index is 0.912. The van der Waals surface area contributed by atoms with Gasteiger partial charge in [-0.15, -0.1) is 11.3 Å². The van der Waals surface area contributed by atoms with E-state index in [0.29, 0.717) is 0 Å². The highest BCUT2D eigenvalue weighted by molar-refractivity contribution is 7.18. The van der Waals surface area contributed by atoms with Gasteiger partial charge in [0.25, 0.3) is 0 Å². The Kier molecular flexibility index (Phi) is 5.75. The van der Waals surface area contributed by atoms with Gasteiger partial charge in [0.15, 0.2) is 0 Å². The summed E-state index contributed by atoms with van der Waals surface area (Å²) in [6, 6.07) is 56.7. The lowest BCUT2D eigenvalue weighted by atomic mass is 9.89. The van der Waals surface area contributed by atoms with Crippen molar-refractivity contribution in [1.29, 1.82) is 0 Å². The molecule has 0 unspecified atom stereocenters. The summed E-state index contributed by atoms with van der Waals surface area (Å²) in [6.07, 6.45) is 0. The summed E-state index contributed by atoms with van der Waals surface area (Å²) < 4.78 is 6.28. The van der Waals surface area contributed by atoms with Crippen molar-refractivity contribution in [1.82, 2.24) is 0 Å². The molecule has 9 rings (SSSR count). The van der Waals surface area contributed by atoms with E-state index in [-0.39, 0.29) is 0 Å². The first-order chi connectivity index (χ1) is 21.8. The Bertz CT molecular complexity index is 2360. The van der Waals surface area contributed by atoms with E-state index in [1.165, 1.54) is 70.2 Å². The monoisotopic (exact) mass is 578 g/mol. The van der Waals surface area contributed by atoms with Crippen molar-refractivity contribution in [3.05, 3.63) is 158 Å². The third-order valence-corrected chi connectivity index (χ3v) is 9.87. The SMILES string of the molecule is c1ccc(-c2cccc3cccc(-c4ccccc4-c4ccc(-c5cc6c7c(cccc7c5)Oc5ccccc5-6)s4)c23)cc1. The fourth-order valence-corrected chi connectivity index (χ4v) is 7.76. The second kappa shape index (κ2) is 10.1. The summed E-state index contributed by atoms with van der Waals surface area (Å²) in [4.78, 5) is 2.52. The lowest BCUT2D eigenvalue weighted by Gasteiger charge is -2.21. The standard InChI is InChI=1S/C42H26OS/c1-2-11-27(12-3-1)31-19-8-13-28-14-9-20-35(41(28)31)32-16-4-5-18-34(32)40-24-23-39(44-40)30-25-29-15-10-22-38-42(29)36(26-30)33-17-6-7-21-37(33)43-38/h1-26H. The second-order valence-electron chi connectivity index (χ2n) is 11.3. The van der Waals surface area contributed by atoms with Gasteiger partial charge in [0.2, 0.25) is 0 Å². The summed E-state index contributed by atoms with van der Waals surface area (Å²) in [5.41, 5.74) is 9.85. The number of hydrogen-bond acceptors (Lipinski definition) is 2. The van der Waals surface area contributed by atoms with E-state index in [9.17, 15) is 0 Å². The van der Waals surface area contributed by atoms with Crippen LogP contribution in [0.2, 0.25) is 0 Å². The van der Waals surface area contributed by atoms with Crippen molar-refractivity contribution in [2.75, 3.05) is 0 Å². The quantitative estimate of drug-likeness (QED) is 0.202. The fraction of sp³-hybridized carbons (Fsp3) is 0. The summed E-state index contributed by atoms with van der Waals surface area (Å²) in [5, 5.41) is 4.92. The van der Waals surface area contributed by atoms with Gasteiger partial charge in [0.05, 0.1) is 0 Å². The summed E-state index contributed by atoms with van der Waals surface area (Å²) >= 11 is 1.85. The topological polar surface area (TPSA) is 9.23 Å². The van der Waals surface area contributed by atoms with Crippen LogP contribution < -0.4 is 4.74 Å². The summed E-state index contributed by atoms with van der Waals surface area (Å²) in [7, 11) is 0. The number of ether oxygens (including phenoxy) is 1. The third-order valence-electron chi connectivity index (χ3n) is 8.70. The highest BCUT2D eigenvalue weighted by Gasteiger charge is 2.21. The molecular weight excluding hydrogens is 553 g/mol. The molecule has 0 bridgehead atoms. The average Bonchev–Trinajstić information content (AvgIpc) is 3.59. The van der Waals surface area contributed by atoms with Gasteiger partial charge >= 0.3 is 0 Å². The maximum absolute atomic E-state index is 6.28. The number of para-hydroxylation sites is 1. The summed E-state index contributed by atoms with van der Waals surface area (Å²) in [6.45, 7) is 0. The molecule has 1 aromatic heterocycles. The van der Waals surface area contributed by atoms with Crippen LogP contribution in [0.3, 0.4) is 0 Å². The first kappa shape index (κ1) is 25.1. The Balaban J connectivity index is 1.20. The molecule has 0 spiro atoms. The Morgan fingerprint density at radius 1 is 0.341 bits per heavy atom. The zero-order chi connectivity index (χ0) is 29.0. The number of hydrogen-bond donors (Lipinski definition) is 0. The van der Waals surface area contributed by atoms with Crippen LogP contribution in [0.5, 0.6) is 11.5 Å². The number of benzene rings is 7. The molecule has 0 aliphatic carbocycles. The van der Waals surface area contributed by atoms with E-state index in [4.69, 9.17) is 4.74 Å². The molecular formula is C42H26OS. The molecule has 0 N–H and O–H groups in total.